The molecule has 0 unspecified atom stereocenters. The average molecular weight is 364 g/mol. The summed E-state index contributed by atoms with van der Waals surface area (Å²) in [5.41, 5.74) is 2.60. The number of benzene rings is 1. The van der Waals surface area contributed by atoms with Crippen molar-refractivity contribution < 1.29 is 14.3 Å². The molecule has 1 aromatic carbocycles. The molecule has 0 fully saturated rings. The molecule has 0 aliphatic rings. The number of nitrogens with zero attached hydrogens (tertiary/aromatic N) is 1. The number of hydrogen-bond acceptors (Lipinski definition) is 6. The molecule has 5 nitrogen and oxygen atoms in total. The number of hydrogen-bond donors (Lipinski definition) is 1. The van der Waals surface area contributed by atoms with Crippen LogP contribution in [0.2, 0.25) is 0 Å². The van der Waals surface area contributed by atoms with Crippen molar-refractivity contribution in [3.63, 3.8) is 0 Å². The third-order valence-corrected chi connectivity index (χ3v) is 5.25. The molecular weight excluding hydrogens is 344 g/mol. The molecule has 7 heteroatoms. The van der Waals surface area contributed by atoms with E-state index in [1.165, 1.54) is 23.1 Å². The van der Waals surface area contributed by atoms with Crippen LogP contribution in [0.15, 0.2) is 34.0 Å². The Hall–Kier alpha value is -1.86. The Balaban J connectivity index is 1.88. The van der Waals surface area contributed by atoms with E-state index < -0.39 is 0 Å². The standard InChI is InChI=1S/C17H20N2O3S2/c1-4-22-15(20)9-14-10-23-17(19-14)24-12(3)16(21)18-13-7-5-11(2)6-8-13/h5-8,10,12H,4,9H2,1-3H3,(H,18,21)/t12-/m0/s1. The van der Waals surface area contributed by atoms with E-state index in [1.54, 1.807) is 6.92 Å². The van der Waals surface area contributed by atoms with Gasteiger partial charge in [0.15, 0.2) is 4.34 Å². The van der Waals surface area contributed by atoms with E-state index in [-0.39, 0.29) is 23.5 Å². The summed E-state index contributed by atoms with van der Waals surface area (Å²) in [5.74, 6) is -0.365. The minimum atomic E-state index is -0.287. The molecule has 1 atom stereocenters. The van der Waals surface area contributed by atoms with Gasteiger partial charge in [-0.1, -0.05) is 29.5 Å². The summed E-state index contributed by atoms with van der Waals surface area (Å²) in [7, 11) is 0. The molecule has 1 heterocycles. The van der Waals surface area contributed by atoms with Gasteiger partial charge in [-0.15, -0.1) is 11.3 Å². The van der Waals surface area contributed by atoms with Gasteiger partial charge >= 0.3 is 5.97 Å². The highest BCUT2D eigenvalue weighted by Crippen LogP contribution is 2.27. The van der Waals surface area contributed by atoms with Gasteiger partial charge in [0.05, 0.1) is 24.0 Å². The first-order valence-electron chi connectivity index (χ1n) is 7.62. The van der Waals surface area contributed by atoms with Gasteiger partial charge in [0.2, 0.25) is 5.91 Å². The first kappa shape index (κ1) is 18.5. The maximum atomic E-state index is 12.2. The van der Waals surface area contributed by atoms with Crippen molar-refractivity contribution in [2.75, 3.05) is 11.9 Å². The lowest BCUT2D eigenvalue weighted by Crippen LogP contribution is -2.22. The zero-order chi connectivity index (χ0) is 17.5. The van der Waals surface area contributed by atoms with Crippen LogP contribution in [0.5, 0.6) is 0 Å². The fraction of sp³-hybridized carbons (Fsp3) is 0.353. The maximum Gasteiger partial charge on any atom is 0.311 e. The first-order valence-corrected chi connectivity index (χ1v) is 9.38. The highest BCUT2D eigenvalue weighted by atomic mass is 32.2. The molecule has 2 aromatic rings. The quantitative estimate of drug-likeness (QED) is 0.600. The predicted octanol–water partition coefficient (Wildman–Crippen LogP) is 3.68. The van der Waals surface area contributed by atoms with Gasteiger partial charge in [-0.2, -0.15) is 0 Å². The van der Waals surface area contributed by atoms with E-state index in [1.807, 2.05) is 43.5 Å². The third kappa shape index (κ3) is 5.65. The van der Waals surface area contributed by atoms with Gasteiger partial charge in [-0.25, -0.2) is 4.98 Å². The normalized spacial score (nSPS) is 11.8. The van der Waals surface area contributed by atoms with E-state index in [9.17, 15) is 9.59 Å². The molecule has 0 saturated carbocycles. The van der Waals surface area contributed by atoms with Crippen LogP contribution in [0.25, 0.3) is 0 Å². The molecule has 128 valence electrons. The number of aromatic nitrogens is 1. The Morgan fingerprint density at radius 3 is 2.71 bits per heavy atom. The van der Waals surface area contributed by atoms with Crippen LogP contribution in [0.3, 0.4) is 0 Å². The lowest BCUT2D eigenvalue weighted by Gasteiger charge is -2.10. The number of carbonyl (C=O) groups excluding carboxylic acids is 2. The van der Waals surface area contributed by atoms with Gasteiger partial charge in [0, 0.05) is 11.1 Å². The van der Waals surface area contributed by atoms with Crippen LogP contribution in [-0.4, -0.2) is 28.7 Å². The van der Waals surface area contributed by atoms with Gasteiger partial charge in [-0.05, 0) is 32.9 Å². The molecule has 1 N–H and O–H groups in total. The van der Waals surface area contributed by atoms with Crippen molar-refractivity contribution in [1.29, 1.82) is 0 Å². The summed E-state index contributed by atoms with van der Waals surface area (Å²) < 4.78 is 5.67. The molecule has 0 aliphatic heterocycles. The minimum Gasteiger partial charge on any atom is -0.466 e. The summed E-state index contributed by atoms with van der Waals surface area (Å²) in [6, 6.07) is 7.67. The molecule has 0 aliphatic carbocycles. The van der Waals surface area contributed by atoms with Crippen LogP contribution >= 0.6 is 23.1 Å². The molecule has 1 aromatic heterocycles. The molecule has 24 heavy (non-hydrogen) atoms. The van der Waals surface area contributed by atoms with Crippen molar-refractivity contribution in [1.82, 2.24) is 4.98 Å². The van der Waals surface area contributed by atoms with Gasteiger partial charge in [0.25, 0.3) is 0 Å². The Bertz CT molecular complexity index is 698. The summed E-state index contributed by atoms with van der Waals surface area (Å²) in [4.78, 5) is 28.1. The summed E-state index contributed by atoms with van der Waals surface area (Å²) in [6.07, 6.45) is 0.162. The molecule has 0 radical (unpaired) electrons. The van der Waals surface area contributed by atoms with Crippen LogP contribution in [0, 0.1) is 6.92 Å². The second-order valence-electron chi connectivity index (χ2n) is 5.20. The number of thiazole rings is 1. The number of carbonyl (C=O) groups is 2. The largest absolute Gasteiger partial charge is 0.466 e. The fourth-order valence-corrected chi connectivity index (χ4v) is 3.85. The number of esters is 1. The summed E-state index contributed by atoms with van der Waals surface area (Å²) >= 11 is 2.81. The first-order chi connectivity index (χ1) is 11.5. The number of amides is 1. The van der Waals surface area contributed by atoms with Crippen molar-refractivity contribution in [3.8, 4) is 0 Å². The SMILES string of the molecule is CCOC(=O)Cc1csc(S[C@@H](C)C(=O)Nc2ccc(C)cc2)n1. The van der Waals surface area contributed by atoms with E-state index in [2.05, 4.69) is 10.3 Å². The van der Waals surface area contributed by atoms with Crippen LogP contribution < -0.4 is 5.32 Å². The number of thioether (sulfide) groups is 1. The number of ether oxygens (including phenoxy) is 1. The number of rotatable bonds is 7. The Morgan fingerprint density at radius 1 is 1.33 bits per heavy atom. The average Bonchev–Trinajstić information content (AvgIpc) is 2.96. The highest BCUT2D eigenvalue weighted by molar-refractivity contribution is 8.02. The lowest BCUT2D eigenvalue weighted by molar-refractivity contribution is -0.142. The monoisotopic (exact) mass is 364 g/mol. The second kappa shape index (κ2) is 8.84. The minimum absolute atomic E-state index is 0.0778. The smallest absolute Gasteiger partial charge is 0.311 e. The van der Waals surface area contributed by atoms with Crippen LogP contribution in [0.4, 0.5) is 5.69 Å². The number of aryl methyl sites for hydroxylation is 1. The van der Waals surface area contributed by atoms with Crippen molar-refractivity contribution in [2.24, 2.45) is 0 Å². The van der Waals surface area contributed by atoms with Crippen molar-refractivity contribution in [3.05, 3.63) is 40.9 Å². The molecular formula is C17H20N2O3S2. The van der Waals surface area contributed by atoms with Gasteiger partial charge in [-0.3, -0.25) is 9.59 Å². The van der Waals surface area contributed by atoms with E-state index in [0.29, 0.717) is 12.3 Å². The highest BCUT2D eigenvalue weighted by Gasteiger charge is 2.17. The second-order valence-corrected chi connectivity index (χ2v) is 7.65. The van der Waals surface area contributed by atoms with Gasteiger partial charge in [0.1, 0.15) is 0 Å². The van der Waals surface area contributed by atoms with Crippen LogP contribution in [0.1, 0.15) is 25.1 Å². The van der Waals surface area contributed by atoms with E-state index in [0.717, 1.165) is 15.6 Å². The van der Waals surface area contributed by atoms with Gasteiger partial charge < -0.3 is 10.1 Å². The zero-order valence-electron chi connectivity index (χ0n) is 13.9. The topological polar surface area (TPSA) is 68.3 Å². The number of nitrogens with one attached hydrogen (secondary N) is 1. The van der Waals surface area contributed by atoms with E-state index in [4.69, 9.17) is 4.74 Å². The zero-order valence-corrected chi connectivity index (χ0v) is 15.5. The maximum absolute atomic E-state index is 12.2. The van der Waals surface area contributed by atoms with E-state index >= 15 is 0 Å². The van der Waals surface area contributed by atoms with Crippen LogP contribution in [-0.2, 0) is 20.7 Å². The summed E-state index contributed by atoms with van der Waals surface area (Å²) in [6.45, 7) is 5.97. The van der Waals surface area contributed by atoms with Crippen molar-refractivity contribution >= 4 is 40.7 Å². The number of anilines is 1. The summed E-state index contributed by atoms with van der Waals surface area (Å²) in [5, 5.41) is 4.43. The fourth-order valence-electron chi connectivity index (χ4n) is 1.87. The lowest BCUT2D eigenvalue weighted by atomic mass is 10.2. The predicted molar refractivity (Wildman–Crippen MR) is 97.6 cm³/mol. The Labute approximate surface area is 149 Å². The molecule has 2 rings (SSSR count). The third-order valence-electron chi connectivity index (χ3n) is 3.13. The molecule has 1 amide bonds. The van der Waals surface area contributed by atoms with Crippen molar-refractivity contribution in [2.45, 2.75) is 36.8 Å². The molecule has 0 spiro atoms. The Kier molecular flexibility index (Phi) is 6.81. The molecule has 0 bridgehead atoms. The Morgan fingerprint density at radius 2 is 2.04 bits per heavy atom. The molecule has 0 saturated heterocycles.